The molecule has 4 rings (SSSR count). The molecule has 33 heavy (non-hydrogen) atoms. The molecule has 1 saturated heterocycles. The first kappa shape index (κ1) is 22.8. The minimum absolute atomic E-state index is 0.114. The molecule has 2 aromatic rings. The van der Waals surface area contributed by atoms with Gasteiger partial charge in [-0.3, -0.25) is 4.79 Å². The maximum atomic E-state index is 15.1. The number of aromatic nitrogens is 1. The summed E-state index contributed by atoms with van der Waals surface area (Å²) in [6.07, 6.45) is 1.32. The molecule has 1 N–H and O–H groups in total. The number of nitrogens with one attached hydrogen (secondary N) is 1. The summed E-state index contributed by atoms with van der Waals surface area (Å²) >= 11 is 0. The molecule has 10 heteroatoms. The van der Waals surface area contributed by atoms with E-state index in [1.165, 1.54) is 14.2 Å². The van der Waals surface area contributed by atoms with E-state index in [0.717, 1.165) is 17.7 Å². The van der Waals surface area contributed by atoms with E-state index in [1.54, 1.807) is 4.90 Å². The topological polar surface area (TPSA) is 84.1 Å². The molecular formula is C23H25F2N4O4+. The predicted molar refractivity (Wildman–Crippen MR) is 115 cm³/mol. The summed E-state index contributed by atoms with van der Waals surface area (Å²) < 4.78 is 42.7. The first-order valence-electron chi connectivity index (χ1n) is 10.6. The molecule has 1 aromatic carbocycles. The van der Waals surface area contributed by atoms with Crippen molar-refractivity contribution in [1.29, 1.82) is 0 Å². The highest BCUT2D eigenvalue weighted by Gasteiger charge is 2.42. The van der Waals surface area contributed by atoms with Crippen molar-refractivity contribution in [2.75, 3.05) is 33.9 Å². The van der Waals surface area contributed by atoms with E-state index >= 15 is 8.78 Å². The van der Waals surface area contributed by atoms with Gasteiger partial charge < -0.3 is 19.7 Å². The molecule has 0 aliphatic carbocycles. The van der Waals surface area contributed by atoms with E-state index in [9.17, 15) is 9.59 Å². The number of ether oxygens (including phenoxy) is 2. The lowest BCUT2D eigenvalue weighted by Gasteiger charge is -2.32. The number of fused-ring (bicyclic) bond motifs is 1. The number of methoxy groups -OCH3 is 1. The molecule has 2 amide bonds. The summed E-state index contributed by atoms with van der Waals surface area (Å²) in [5.41, 5.74) is 0.760. The molecule has 0 bridgehead atoms. The monoisotopic (exact) mass is 459 g/mol. The number of pyridine rings is 1. The maximum Gasteiger partial charge on any atom is 0.409 e. The Morgan fingerprint density at radius 3 is 2.70 bits per heavy atom. The summed E-state index contributed by atoms with van der Waals surface area (Å²) in [5, 5.41) is 2.36. The van der Waals surface area contributed by atoms with E-state index < -0.39 is 29.7 Å². The van der Waals surface area contributed by atoms with Crippen molar-refractivity contribution >= 4 is 23.5 Å². The van der Waals surface area contributed by atoms with Gasteiger partial charge in [0.1, 0.15) is 11.6 Å². The quantitative estimate of drug-likeness (QED) is 0.712. The molecule has 0 radical (unpaired) electrons. The Morgan fingerprint density at radius 1 is 1.30 bits per heavy atom. The van der Waals surface area contributed by atoms with Gasteiger partial charge in [-0.25, -0.2) is 18.1 Å². The number of aliphatic imine (C=N–C) groups is 1. The van der Waals surface area contributed by atoms with Crippen molar-refractivity contribution in [2.24, 2.45) is 4.99 Å². The standard InChI is InChI=1S/C23H24F2N4O4/c1-13-4-5-29-18(11-15-12-28(6-7-33-15)23(31)32-3)21(27-19(29)8-13)20-16(24)9-14(10-17(20)25)22(30)26-2/h4-5,8-10,15,18H,6-7,11-12H2,1-3H3/p+1/t15-,18?/m0/s1. The van der Waals surface area contributed by atoms with Crippen molar-refractivity contribution in [3.63, 3.8) is 0 Å². The number of benzene rings is 1. The Morgan fingerprint density at radius 2 is 2.03 bits per heavy atom. The molecular weight excluding hydrogens is 434 g/mol. The first-order valence-corrected chi connectivity index (χ1v) is 10.6. The van der Waals surface area contributed by atoms with Crippen molar-refractivity contribution < 1.29 is 32.4 Å². The molecule has 3 heterocycles. The average molecular weight is 459 g/mol. The lowest BCUT2D eigenvalue weighted by Crippen LogP contribution is -2.49. The number of amides is 2. The highest BCUT2D eigenvalue weighted by Crippen LogP contribution is 2.31. The van der Waals surface area contributed by atoms with Gasteiger partial charge in [0.2, 0.25) is 5.71 Å². The van der Waals surface area contributed by atoms with Gasteiger partial charge in [-0.05, 0) is 35.7 Å². The van der Waals surface area contributed by atoms with Crippen molar-refractivity contribution in [3.05, 3.63) is 58.8 Å². The van der Waals surface area contributed by atoms with Crippen LogP contribution < -0.4 is 9.88 Å². The lowest BCUT2D eigenvalue weighted by atomic mass is 9.95. The van der Waals surface area contributed by atoms with Crippen LogP contribution in [0.4, 0.5) is 19.4 Å². The van der Waals surface area contributed by atoms with E-state index in [4.69, 9.17) is 9.47 Å². The Labute approximate surface area is 189 Å². The summed E-state index contributed by atoms with van der Waals surface area (Å²) in [6.45, 7) is 2.93. The highest BCUT2D eigenvalue weighted by molar-refractivity contribution is 6.06. The highest BCUT2D eigenvalue weighted by atomic mass is 19.1. The van der Waals surface area contributed by atoms with Crippen LogP contribution in [0.1, 0.15) is 33.9 Å². The summed E-state index contributed by atoms with van der Waals surface area (Å²) in [6, 6.07) is 5.20. The third-order valence-corrected chi connectivity index (χ3v) is 5.85. The van der Waals surface area contributed by atoms with Crippen LogP contribution in [0.25, 0.3) is 0 Å². The zero-order valence-electron chi connectivity index (χ0n) is 18.6. The molecule has 0 spiro atoms. The molecule has 2 aliphatic rings. The number of hydrogen-bond donors (Lipinski definition) is 1. The van der Waals surface area contributed by atoms with Crippen molar-refractivity contribution in [3.8, 4) is 0 Å². The third-order valence-electron chi connectivity index (χ3n) is 5.85. The molecule has 1 aromatic heterocycles. The molecule has 1 fully saturated rings. The van der Waals surface area contributed by atoms with Crippen LogP contribution in [0, 0.1) is 18.6 Å². The van der Waals surface area contributed by atoms with E-state index in [-0.39, 0.29) is 22.9 Å². The molecule has 0 saturated carbocycles. The van der Waals surface area contributed by atoms with Crippen LogP contribution >= 0.6 is 0 Å². The number of carbonyl (C=O) groups excluding carboxylic acids is 2. The summed E-state index contributed by atoms with van der Waals surface area (Å²) in [7, 11) is 2.71. The zero-order valence-corrected chi connectivity index (χ0v) is 18.6. The zero-order chi connectivity index (χ0) is 23.7. The molecule has 1 unspecified atom stereocenters. The van der Waals surface area contributed by atoms with Crippen LogP contribution in [0.3, 0.4) is 0 Å². The van der Waals surface area contributed by atoms with Gasteiger partial charge in [0.25, 0.3) is 5.91 Å². The van der Waals surface area contributed by atoms with Gasteiger partial charge in [-0.15, -0.1) is 0 Å². The third kappa shape index (κ3) is 4.43. The van der Waals surface area contributed by atoms with Crippen LogP contribution in [-0.4, -0.2) is 62.6 Å². The number of rotatable bonds is 4. The minimum atomic E-state index is -0.872. The van der Waals surface area contributed by atoms with Gasteiger partial charge in [-0.2, -0.15) is 0 Å². The molecule has 2 atom stereocenters. The summed E-state index contributed by atoms with van der Waals surface area (Å²) in [4.78, 5) is 29.9. The Kier molecular flexibility index (Phi) is 6.37. The van der Waals surface area contributed by atoms with Gasteiger partial charge in [0.15, 0.2) is 6.04 Å². The average Bonchev–Trinajstić information content (AvgIpc) is 3.14. The normalized spacial score (nSPS) is 19.7. The second-order valence-electron chi connectivity index (χ2n) is 8.02. The van der Waals surface area contributed by atoms with Gasteiger partial charge in [0, 0.05) is 31.6 Å². The number of hydrogen-bond acceptors (Lipinski definition) is 5. The number of carbonyl (C=O) groups is 2. The largest absolute Gasteiger partial charge is 0.453 e. The molecule has 8 nitrogen and oxygen atoms in total. The Bertz CT molecular complexity index is 1110. The fourth-order valence-electron chi connectivity index (χ4n) is 4.23. The lowest BCUT2D eigenvalue weighted by molar-refractivity contribution is -0.690. The van der Waals surface area contributed by atoms with Crippen molar-refractivity contribution in [2.45, 2.75) is 25.5 Å². The SMILES string of the molecule is CNC(=O)c1cc(F)c(C2=Nc3cc(C)cc[n+]3C2C[C@H]2CN(C(=O)OC)CCO2)c(F)c1. The second-order valence-corrected chi connectivity index (χ2v) is 8.02. The number of nitrogens with zero attached hydrogens (tertiary/aromatic N) is 3. The molecule has 2 aliphatic heterocycles. The molecule has 174 valence electrons. The van der Waals surface area contributed by atoms with E-state index in [2.05, 4.69) is 10.3 Å². The Balaban J connectivity index is 1.70. The van der Waals surface area contributed by atoms with Crippen molar-refractivity contribution in [1.82, 2.24) is 10.2 Å². The smallest absolute Gasteiger partial charge is 0.409 e. The first-order chi connectivity index (χ1) is 15.8. The predicted octanol–water partition coefficient (Wildman–Crippen LogP) is 2.45. The number of morpholine rings is 1. The second kappa shape index (κ2) is 9.22. The van der Waals surface area contributed by atoms with Gasteiger partial charge in [-0.1, -0.05) is 0 Å². The van der Waals surface area contributed by atoms with E-state index in [0.29, 0.717) is 31.9 Å². The fourth-order valence-corrected chi connectivity index (χ4v) is 4.23. The van der Waals surface area contributed by atoms with Gasteiger partial charge >= 0.3 is 11.9 Å². The number of halogens is 2. The van der Waals surface area contributed by atoms with Crippen LogP contribution in [-0.2, 0) is 9.47 Å². The number of aryl methyl sites for hydroxylation is 1. The summed E-state index contributed by atoms with van der Waals surface area (Å²) in [5.74, 6) is -1.77. The van der Waals surface area contributed by atoms with Crippen LogP contribution in [0.5, 0.6) is 0 Å². The van der Waals surface area contributed by atoms with Crippen LogP contribution in [0.15, 0.2) is 35.5 Å². The van der Waals surface area contributed by atoms with Crippen LogP contribution in [0.2, 0.25) is 0 Å². The van der Waals surface area contributed by atoms with E-state index in [1.807, 2.05) is 29.8 Å². The Hall–Kier alpha value is -3.40. The minimum Gasteiger partial charge on any atom is -0.453 e. The van der Waals surface area contributed by atoms with Gasteiger partial charge in [0.05, 0.1) is 38.1 Å². The maximum absolute atomic E-state index is 15.1. The fraction of sp³-hybridized carbons (Fsp3) is 0.391.